The maximum atomic E-state index is 14.3. The van der Waals surface area contributed by atoms with Crippen LogP contribution in [0.4, 0.5) is 28.9 Å². The number of carbonyl (C=O) groups is 1. The van der Waals surface area contributed by atoms with Crippen LogP contribution in [0.5, 0.6) is 0 Å². The first-order valence-corrected chi connectivity index (χ1v) is 9.55. The average Bonchev–Trinajstić information content (AvgIpc) is 3.13. The van der Waals surface area contributed by atoms with Crippen molar-refractivity contribution in [2.75, 3.05) is 10.7 Å². The molecule has 4 rings (SSSR count). The largest absolute Gasteiger partial charge is 0.335 e. The highest BCUT2D eigenvalue weighted by molar-refractivity contribution is 6.31. The molecule has 1 atom stereocenters. The van der Waals surface area contributed by atoms with Crippen LogP contribution in [0.25, 0.3) is 0 Å². The Labute approximate surface area is 184 Å². The summed E-state index contributed by atoms with van der Waals surface area (Å²) in [6.07, 6.45) is -0.876. The van der Waals surface area contributed by atoms with Crippen LogP contribution < -0.4 is 21.5 Å². The summed E-state index contributed by atoms with van der Waals surface area (Å²) in [5, 5.41) is 5.58. The van der Waals surface area contributed by atoms with Gasteiger partial charge < -0.3 is 16.1 Å². The van der Waals surface area contributed by atoms with Crippen molar-refractivity contribution in [1.82, 2.24) is 10.7 Å². The maximum absolute atomic E-state index is 14.3. The highest BCUT2D eigenvalue weighted by Crippen LogP contribution is 2.29. The molecule has 0 saturated carbocycles. The fourth-order valence-electron chi connectivity index (χ4n) is 3.06. The van der Waals surface area contributed by atoms with Crippen molar-refractivity contribution >= 4 is 34.8 Å². The van der Waals surface area contributed by atoms with Gasteiger partial charge in [0.25, 0.3) is 5.91 Å². The lowest BCUT2D eigenvalue weighted by Crippen LogP contribution is -2.40. The molecule has 0 spiro atoms. The van der Waals surface area contributed by atoms with Gasteiger partial charge in [-0.05, 0) is 48.5 Å². The van der Waals surface area contributed by atoms with Gasteiger partial charge in [0.15, 0.2) is 11.6 Å². The number of rotatable bonds is 3. The minimum atomic E-state index is -1.22. The predicted molar refractivity (Wildman–Crippen MR) is 112 cm³/mol. The number of carbonyl (C=O) groups excluding carboxylic acids is 1. The first kappa shape index (κ1) is 21.6. The van der Waals surface area contributed by atoms with E-state index in [1.165, 1.54) is 18.2 Å². The van der Waals surface area contributed by atoms with Crippen LogP contribution in [0.2, 0.25) is 5.02 Å². The number of benzene rings is 3. The second-order valence-corrected chi connectivity index (χ2v) is 7.16. The summed E-state index contributed by atoms with van der Waals surface area (Å²) in [5.41, 5.74) is 6.16. The number of hydrogen-bond donors (Lipinski definition) is 4. The monoisotopic (exact) mass is 463 g/mol. The quantitative estimate of drug-likeness (QED) is 0.257. The van der Waals surface area contributed by atoms with E-state index in [-0.39, 0.29) is 27.8 Å². The maximum Gasteiger partial charge on any atom is 0.280 e. The van der Waals surface area contributed by atoms with Crippen LogP contribution in [0.15, 0.2) is 59.6 Å². The summed E-state index contributed by atoms with van der Waals surface area (Å²) >= 11 is 5.87. The molecule has 164 valence electrons. The lowest BCUT2D eigenvalue weighted by atomic mass is 10.1. The van der Waals surface area contributed by atoms with E-state index < -0.39 is 35.3 Å². The SMILES string of the molecule is O=C(/N=C(/Nc1cc(F)cc(Cl)c1)NC1NNc2cccc(F)c21)c1ccc(F)c(F)c1. The lowest BCUT2D eigenvalue weighted by molar-refractivity contribution is 0.100. The van der Waals surface area contributed by atoms with Crippen LogP contribution in [-0.4, -0.2) is 11.9 Å². The number of hydrogen-bond acceptors (Lipinski definition) is 3. The fraction of sp³-hybridized carbons (Fsp3) is 0.0476. The van der Waals surface area contributed by atoms with Crippen molar-refractivity contribution in [3.8, 4) is 0 Å². The van der Waals surface area contributed by atoms with Gasteiger partial charge in [-0.25, -0.2) is 23.0 Å². The van der Waals surface area contributed by atoms with E-state index in [0.717, 1.165) is 24.3 Å². The van der Waals surface area contributed by atoms with Gasteiger partial charge in [-0.1, -0.05) is 17.7 Å². The van der Waals surface area contributed by atoms with Crippen molar-refractivity contribution in [1.29, 1.82) is 0 Å². The zero-order valence-corrected chi connectivity index (χ0v) is 16.8. The second-order valence-electron chi connectivity index (χ2n) is 6.73. The number of hydrazine groups is 1. The van der Waals surface area contributed by atoms with Gasteiger partial charge in [0.2, 0.25) is 5.96 Å². The van der Waals surface area contributed by atoms with E-state index >= 15 is 0 Å². The van der Waals surface area contributed by atoms with E-state index in [9.17, 15) is 22.4 Å². The van der Waals surface area contributed by atoms with Crippen LogP contribution in [0.1, 0.15) is 22.1 Å². The van der Waals surface area contributed by atoms with Crippen LogP contribution in [-0.2, 0) is 0 Å². The smallest absolute Gasteiger partial charge is 0.280 e. The van der Waals surface area contributed by atoms with Crippen molar-refractivity contribution in [3.05, 3.63) is 94.0 Å². The molecule has 1 heterocycles. The van der Waals surface area contributed by atoms with E-state index in [1.807, 2.05) is 0 Å². The molecule has 1 aliphatic rings. The standard InChI is InChI=1S/C21H14ClF4N5O/c22-11-7-12(23)9-13(8-11)27-21(29-20(32)10-4-5-14(24)16(26)6-10)28-19-18-15(25)2-1-3-17(18)30-31-19/h1-9,19,30-31H,(H2,27,28,29,32). The summed E-state index contributed by atoms with van der Waals surface area (Å²) in [7, 11) is 0. The zero-order chi connectivity index (χ0) is 22.8. The topological polar surface area (TPSA) is 77.5 Å². The van der Waals surface area contributed by atoms with Gasteiger partial charge in [-0.2, -0.15) is 4.99 Å². The molecule has 3 aromatic rings. The highest BCUT2D eigenvalue weighted by atomic mass is 35.5. The number of halogens is 5. The molecule has 0 bridgehead atoms. The van der Waals surface area contributed by atoms with E-state index in [1.54, 1.807) is 6.07 Å². The first-order chi connectivity index (χ1) is 15.3. The summed E-state index contributed by atoms with van der Waals surface area (Å²) in [6.45, 7) is 0. The summed E-state index contributed by atoms with van der Waals surface area (Å²) in [6, 6.07) is 10.5. The van der Waals surface area contributed by atoms with Gasteiger partial charge in [0, 0.05) is 16.3 Å². The van der Waals surface area contributed by atoms with Crippen molar-refractivity contribution in [3.63, 3.8) is 0 Å². The summed E-state index contributed by atoms with van der Waals surface area (Å²) < 4.78 is 54.8. The molecule has 1 aliphatic heterocycles. The summed E-state index contributed by atoms with van der Waals surface area (Å²) in [5.74, 6) is -4.67. The molecule has 0 radical (unpaired) electrons. The van der Waals surface area contributed by atoms with E-state index in [0.29, 0.717) is 11.8 Å². The average molecular weight is 464 g/mol. The molecule has 0 aromatic heterocycles. The molecule has 11 heteroatoms. The van der Waals surface area contributed by atoms with Gasteiger partial charge in [0.05, 0.1) is 11.3 Å². The normalized spacial score (nSPS) is 15.2. The number of guanidine groups is 1. The minimum absolute atomic E-state index is 0.0795. The Morgan fingerprint density at radius 3 is 2.53 bits per heavy atom. The number of nitrogens with one attached hydrogen (secondary N) is 4. The third kappa shape index (κ3) is 4.66. The Morgan fingerprint density at radius 1 is 0.969 bits per heavy atom. The van der Waals surface area contributed by atoms with Crippen LogP contribution in [0, 0.1) is 23.3 Å². The lowest BCUT2D eigenvalue weighted by Gasteiger charge is -2.18. The van der Waals surface area contributed by atoms with Crippen molar-refractivity contribution in [2.24, 2.45) is 4.99 Å². The Morgan fingerprint density at radius 2 is 1.78 bits per heavy atom. The van der Waals surface area contributed by atoms with Gasteiger partial charge >= 0.3 is 0 Å². The third-order valence-electron chi connectivity index (χ3n) is 4.48. The second kappa shape index (κ2) is 8.85. The van der Waals surface area contributed by atoms with Gasteiger partial charge in [-0.15, -0.1) is 0 Å². The molecule has 32 heavy (non-hydrogen) atoms. The predicted octanol–water partition coefficient (Wildman–Crippen LogP) is 4.72. The number of nitrogens with zero attached hydrogens (tertiary/aromatic N) is 1. The fourth-order valence-corrected chi connectivity index (χ4v) is 3.28. The minimum Gasteiger partial charge on any atom is -0.335 e. The molecule has 0 saturated heterocycles. The van der Waals surface area contributed by atoms with Gasteiger partial charge in [0.1, 0.15) is 17.8 Å². The zero-order valence-electron chi connectivity index (χ0n) is 16.0. The third-order valence-corrected chi connectivity index (χ3v) is 4.70. The molecule has 3 aromatic carbocycles. The van der Waals surface area contributed by atoms with Crippen molar-refractivity contribution in [2.45, 2.75) is 6.17 Å². The molecule has 1 unspecified atom stereocenters. The number of amides is 1. The summed E-state index contributed by atoms with van der Waals surface area (Å²) in [4.78, 5) is 16.4. The van der Waals surface area contributed by atoms with Crippen LogP contribution in [0.3, 0.4) is 0 Å². The number of fused-ring (bicyclic) bond motifs is 1. The number of anilines is 2. The molecule has 1 amide bonds. The van der Waals surface area contributed by atoms with E-state index in [2.05, 4.69) is 26.5 Å². The Hall–Kier alpha value is -3.63. The van der Waals surface area contributed by atoms with Crippen molar-refractivity contribution < 1.29 is 22.4 Å². The van der Waals surface area contributed by atoms with E-state index in [4.69, 9.17) is 11.6 Å². The molecular weight excluding hydrogens is 450 g/mol. The van der Waals surface area contributed by atoms with Crippen LogP contribution >= 0.6 is 11.6 Å². The Kier molecular flexibility index (Phi) is 5.97. The Bertz CT molecular complexity index is 1220. The first-order valence-electron chi connectivity index (χ1n) is 9.18. The molecule has 4 N–H and O–H groups in total. The van der Waals surface area contributed by atoms with Gasteiger partial charge in [-0.3, -0.25) is 4.79 Å². The Balaban J connectivity index is 1.67. The molecule has 6 nitrogen and oxygen atoms in total. The molecule has 0 fully saturated rings. The molecule has 0 aliphatic carbocycles. The molecular formula is C21H14ClF4N5O. The highest BCUT2D eigenvalue weighted by Gasteiger charge is 2.26. The number of aliphatic imine (C=N–C) groups is 1.